The number of piperidine rings is 1. The Kier molecular flexibility index (Phi) is 5.55. The Hall–Kier alpha value is -3.73. The minimum atomic E-state index is 0.103. The van der Waals surface area contributed by atoms with E-state index in [-0.39, 0.29) is 17.9 Å². The average molecular weight is 423 g/mol. The number of aromatic nitrogens is 3. The highest BCUT2D eigenvalue weighted by atomic mass is 16.2. The van der Waals surface area contributed by atoms with Crippen LogP contribution in [0.1, 0.15) is 43.0 Å². The number of pyridine rings is 1. The third kappa shape index (κ3) is 3.94. The second-order valence-corrected chi connectivity index (χ2v) is 8.30. The fourth-order valence-electron chi connectivity index (χ4n) is 4.69. The topological polar surface area (TPSA) is 61.9 Å². The lowest BCUT2D eigenvalue weighted by Gasteiger charge is -2.39. The standard InChI is InChI=1S/C27H26N4O/c1-19(32)31-18-22(15-16-24(31)20-10-4-2-5-11-20)25-26(23-14-8-9-17-28-23)30-27(29-25)21-12-6-3-7-13-21/h2-14,17,22,24H,15-16,18H2,1H3,(H,29,30)/t22-,24+/m1/s1. The molecule has 3 heterocycles. The van der Waals surface area contributed by atoms with Gasteiger partial charge < -0.3 is 9.88 Å². The number of carbonyl (C=O) groups excluding carboxylic acids is 1. The van der Waals surface area contributed by atoms with Crippen LogP contribution in [0.15, 0.2) is 85.1 Å². The van der Waals surface area contributed by atoms with Crippen molar-refractivity contribution in [3.8, 4) is 22.8 Å². The summed E-state index contributed by atoms with van der Waals surface area (Å²) in [4.78, 5) is 27.7. The van der Waals surface area contributed by atoms with E-state index in [0.717, 1.165) is 41.3 Å². The van der Waals surface area contributed by atoms with Gasteiger partial charge >= 0.3 is 0 Å². The van der Waals surface area contributed by atoms with Crippen LogP contribution in [-0.2, 0) is 4.79 Å². The van der Waals surface area contributed by atoms with Crippen LogP contribution in [0.4, 0.5) is 0 Å². The number of rotatable bonds is 4. The van der Waals surface area contributed by atoms with Gasteiger partial charge in [-0.05, 0) is 30.5 Å². The molecule has 0 saturated carbocycles. The van der Waals surface area contributed by atoms with E-state index in [1.54, 1.807) is 13.1 Å². The van der Waals surface area contributed by atoms with E-state index < -0.39 is 0 Å². The number of nitrogens with one attached hydrogen (secondary N) is 1. The van der Waals surface area contributed by atoms with Crippen LogP contribution in [0.3, 0.4) is 0 Å². The fourth-order valence-corrected chi connectivity index (χ4v) is 4.69. The van der Waals surface area contributed by atoms with Crippen LogP contribution in [0.5, 0.6) is 0 Å². The Morgan fingerprint density at radius 2 is 1.66 bits per heavy atom. The molecule has 2 aromatic carbocycles. The third-order valence-electron chi connectivity index (χ3n) is 6.27. The number of hydrogen-bond acceptors (Lipinski definition) is 3. The molecular weight excluding hydrogens is 396 g/mol. The van der Waals surface area contributed by atoms with Crippen molar-refractivity contribution in [3.63, 3.8) is 0 Å². The smallest absolute Gasteiger partial charge is 0.219 e. The number of aromatic amines is 1. The van der Waals surface area contributed by atoms with Crippen molar-refractivity contribution in [2.24, 2.45) is 0 Å². The maximum Gasteiger partial charge on any atom is 0.219 e. The lowest BCUT2D eigenvalue weighted by molar-refractivity contribution is -0.133. The highest BCUT2D eigenvalue weighted by Gasteiger charge is 2.34. The maximum atomic E-state index is 12.6. The van der Waals surface area contributed by atoms with Gasteiger partial charge in [0.15, 0.2) is 0 Å². The Morgan fingerprint density at radius 3 is 2.34 bits per heavy atom. The van der Waals surface area contributed by atoms with E-state index in [4.69, 9.17) is 4.98 Å². The van der Waals surface area contributed by atoms with Crippen LogP contribution in [-0.4, -0.2) is 32.3 Å². The third-order valence-corrected chi connectivity index (χ3v) is 6.27. The Bertz CT molecular complexity index is 1190. The van der Waals surface area contributed by atoms with E-state index in [2.05, 4.69) is 34.2 Å². The number of benzene rings is 2. The van der Waals surface area contributed by atoms with Gasteiger partial charge in [0, 0.05) is 36.8 Å². The average Bonchev–Trinajstić information content (AvgIpc) is 3.31. The molecule has 0 unspecified atom stereocenters. The van der Waals surface area contributed by atoms with Crippen molar-refractivity contribution in [1.29, 1.82) is 0 Å². The summed E-state index contributed by atoms with van der Waals surface area (Å²) in [5.74, 6) is 1.10. The van der Waals surface area contributed by atoms with E-state index >= 15 is 0 Å². The van der Waals surface area contributed by atoms with E-state index in [0.29, 0.717) is 6.54 Å². The number of amides is 1. The van der Waals surface area contributed by atoms with E-state index in [9.17, 15) is 4.79 Å². The number of H-pyrrole nitrogens is 1. The molecule has 2 aromatic heterocycles. The minimum Gasteiger partial charge on any atom is -0.341 e. The normalized spacial score (nSPS) is 18.5. The molecule has 5 heteroatoms. The Morgan fingerprint density at radius 1 is 0.938 bits per heavy atom. The Balaban J connectivity index is 1.52. The quantitative estimate of drug-likeness (QED) is 0.465. The molecule has 0 aliphatic carbocycles. The predicted octanol–water partition coefficient (Wildman–Crippen LogP) is 5.61. The predicted molar refractivity (Wildman–Crippen MR) is 126 cm³/mol. The second kappa shape index (κ2) is 8.79. The number of imidazole rings is 1. The highest BCUT2D eigenvalue weighted by Crippen LogP contribution is 2.40. The Labute approximate surface area is 188 Å². The number of likely N-dealkylation sites (tertiary alicyclic amines) is 1. The van der Waals surface area contributed by atoms with Gasteiger partial charge in [0.1, 0.15) is 11.5 Å². The summed E-state index contributed by atoms with van der Waals surface area (Å²) >= 11 is 0. The molecule has 0 bridgehead atoms. The number of nitrogens with zero attached hydrogens (tertiary/aromatic N) is 3. The summed E-state index contributed by atoms with van der Waals surface area (Å²) in [6.07, 6.45) is 3.68. The summed E-state index contributed by atoms with van der Waals surface area (Å²) in [6, 6.07) is 26.5. The van der Waals surface area contributed by atoms with Gasteiger partial charge in [0.2, 0.25) is 5.91 Å². The zero-order valence-electron chi connectivity index (χ0n) is 18.1. The molecule has 160 valence electrons. The van der Waals surface area contributed by atoms with Gasteiger partial charge in [0.05, 0.1) is 11.7 Å². The van der Waals surface area contributed by atoms with E-state index in [1.165, 1.54) is 5.56 Å². The highest BCUT2D eigenvalue weighted by molar-refractivity contribution is 5.74. The van der Waals surface area contributed by atoms with Crippen molar-refractivity contribution < 1.29 is 4.79 Å². The molecule has 0 radical (unpaired) electrons. The monoisotopic (exact) mass is 422 g/mol. The first-order chi connectivity index (χ1) is 15.7. The second-order valence-electron chi connectivity index (χ2n) is 8.30. The van der Waals surface area contributed by atoms with Gasteiger partial charge in [-0.25, -0.2) is 4.98 Å². The van der Waals surface area contributed by atoms with Gasteiger partial charge in [-0.1, -0.05) is 66.7 Å². The maximum absolute atomic E-state index is 12.6. The number of carbonyl (C=O) groups is 1. The van der Waals surface area contributed by atoms with E-state index in [1.807, 2.05) is 59.5 Å². The van der Waals surface area contributed by atoms with Crippen molar-refractivity contribution in [1.82, 2.24) is 19.9 Å². The van der Waals surface area contributed by atoms with Gasteiger partial charge in [0.25, 0.3) is 0 Å². The van der Waals surface area contributed by atoms with Crippen LogP contribution in [0.2, 0.25) is 0 Å². The SMILES string of the molecule is CC(=O)N1C[C@H](c2[nH]c(-c3ccccc3)nc2-c2ccccn2)CC[C@H]1c1ccccc1. The zero-order chi connectivity index (χ0) is 21.9. The number of hydrogen-bond donors (Lipinski definition) is 1. The molecule has 1 N–H and O–H groups in total. The van der Waals surface area contributed by atoms with Crippen molar-refractivity contribution in [2.75, 3.05) is 6.54 Å². The van der Waals surface area contributed by atoms with Crippen molar-refractivity contribution in [2.45, 2.75) is 31.7 Å². The largest absolute Gasteiger partial charge is 0.341 e. The van der Waals surface area contributed by atoms with Crippen molar-refractivity contribution in [3.05, 3.63) is 96.3 Å². The van der Waals surface area contributed by atoms with Crippen molar-refractivity contribution >= 4 is 5.91 Å². The van der Waals surface area contributed by atoms with Crippen LogP contribution >= 0.6 is 0 Å². The molecule has 1 aliphatic rings. The molecule has 5 nitrogen and oxygen atoms in total. The molecule has 1 saturated heterocycles. The molecule has 1 fully saturated rings. The first kappa shape index (κ1) is 20.2. The molecule has 32 heavy (non-hydrogen) atoms. The summed E-state index contributed by atoms with van der Waals surface area (Å²) < 4.78 is 0. The summed E-state index contributed by atoms with van der Waals surface area (Å²) in [7, 11) is 0. The first-order valence-electron chi connectivity index (χ1n) is 11.1. The van der Waals surface area contributed by atoms with Crippen LogP contribution in [0.25, 0.3) is 22.8 Å². The molecule has 1 amide bonds. The first-order valence-corrected chi connectivity index (χ1v) is 11.1. The summed E-state index contributed by atoms with van der Waals surface area (Å²) in [5.41, 5.74) is 5.01. The van der Waals surface area contributed by atoms with Gasteiger partial charge in [-0.15, -0.1) is 0 Å². The minimum absolute atomic E-state index is 0.103. The molecule has 5 rings (SSSR count). The van der Waals surface area contributed by atoms with Crippen LogP contribution in [0, 0.1) is 0 Å². The zero-order valence-corrected chi connectivity index (χ0v) is 18.1. The molecule has 0 spiro atoms. The summed E-state index contributed by atoms with van der Waals surface area (Å²) in [5, 5.41) is 0. The summed E-state index contributed by atoms with van der Waals surface area (Å²) in [6.45, 7) is 2.32. The van der Waals surface area contributed by atoms with Crippen LogP contribution < -0.4 is 0 Å². The molecule has 2 atom stereocenters. The van der Waals surface area contributed by atoms with Gasteiger partial charge in [-0.3, -0.25) is 9.78 Å². The fraction of sp³-hybridized carbons (Fsp3) is 0.222. The molecule has 4 aromatic rings. The lowest BCUT2D eigenvalue weighted by atomic mass is 9.86. The molecule has 1 aliphatic heterocycles. The van der Waals surface area contributed by atoms with Gasteiger partial charge in [-0.2, -0.15) is 0 Å². The lowest BCUT2D eigenvalue weighted by Crippen LogP contribution is -2.40. The molecular formula is C27H26N4O.